The highest BCUT2D eigenvalue weighted by Crippen LogP contribution is 2.22. The summed E-state index contributed by atoms with van der Waals surface area (Å²) in [5.74, 6) is -0.204. The number of carbonyl (C=O) groups excluding carboxylic acids is 2. The first-order chi connectivity index (χ1) is 9.89. The number of nitrogens with one attached hydrogen (secondary N) is 1. The zero-order chi connectivity index (χ0) is 15.9. The zero-order valence-corrected chi connectivity index (χ0v) is 14.2. The maximum absolute atomic E-state index is 12.5. The third kappa shape index (κ3) is 5.33. The summed E-state index contributed by atoms with van der Waals surface area (Å²) in [4.78, 5) is 26.7. The number of unbranched alkanes of at least 4 members (excludes halogenated alkanes) is 1. The first-order valence-electron chi connectivity index (χ1n) is 8.46. The van der Waals surface area contributed by atoms with Crippen molar-refractivity contribution in [1.82, 2.24) is 10.2 Å². The molecule has 0 bridgehead atoms. The van der Waals surface area contributed by atoms with Crippen LogP contribution in [-0.4, -0.2) is 36.3 Å². The van der Waals surface area contributed by atoms with E-state index in [2.05, 4.69) is 12.2 Å². The van der Waals surface area contributed by atoms with E-state index in [1.165, 1.54) is 25.7 Å². The van der Waals surface area contributed by atoms with Crippen molar-refractivity contribution < 1.29 is 9.59 Å². The van der Waals surface area contributed by atoms with Crippen LogP contribution in [0.15, 0.2) is 0 Å². The Kier molecular flexibility index (Phi) is 7.20. The van der Waals surface area contributed by atoms with Gasteiger partial charge in [0, 0.05) is 19.6 Å². The standard InChI is InChI=1S/C17H32N2O2/c1-5-6-13-19(4)16(21)17(2,3)15(20)18-14-11-9-7-8-10-12-14/h14H,5-13H2,1-4H3,(H,18,20). The molecule has 1 N–H and O–H groups in total. The van der Waals surface area contributed by atoms with Crippen LogP contribution in [0.5, 0.6) is 0 Å². The molecule has 0 aromatic heterocycles. The average Bonchev–Trinajstić information content (AvgIpc) is 2.72. The zero-order valence-electron chi connectivity index (χ0n) is 14.2. The molecule has 122 valence electrons. The molecule has 1 aliphatic carbocycles. The second-order valence-electron chi connectivity index (χ2n) is 6.87. The fourth-order valence-corrected chi connectivity index (χ4v) is 2.86. The van der Waals surface area contributed by atoms with E-state index in [0.717, 1.165) is 32.2 Å². The van der Waals surface area contributed by atoms with Gasteiger partial charge in [-0.3, -0.25) is 9.59 Å². The van der Waals surface area contributed by atoms with Crippen molar-refractivity contribution in [3.8, 4) is 0 Å². The molecule has 0 unspecified atom stereocenters. The Morgan fingerprint density at radius 2 is 1.71 bits per heavy atom. The van der Waals surface area contributed by atoms with Gasteiger partial charge in [-0.1, -0.05) is 39.0 Å². The average molecular weight is 296 g/mol. The first-order valence-corrected chi connectivity index (χ1v) is 8.46. The van der Waals surface area contributed by atoms with Crippen LogP contribution in [0.2, 0.25) is 0 Å². The van der Waals surface area contributed by atoms with E-state index >= 15 is 0 Å². The van der Waals surface area contributed by atoms with Crippen LogP contribution in [0.1, 0.15) is 72.1 Å². The van der Waals surface area contributed by atoms with Crippen molar-refractivity contribution in [1.29, 1.82) is 0 Å². The molecular formula is C17H32N2O2. The SMILES string of the molecule is CCCCN(C)C(=O)C(C)(C)C(=O)NC1CCCCCC1. The topological polar surface area (TPSA) is 49.4 Å². The minimum Gasteiger partial charge on any atom is -0.352 e. The van der Waals surface area contributed by atoms with Crippen molar-refractivity contribution in [2.24, 2.45) is 5.41 Å². The normalized spacial score (nSPS) is 17.1. The Balaban J connectivity index is 2.58. The Morgan fingerprint density at radius 3 is 2.24 bits per heavy atom. The third-order valence-corrected chi connectivity index (χ3v) is 4.49. The quantitative estimate of drug-likeness (QED) is 0.605. The van der Waals surface area contributed by atoms with E-state index in [1.54, 1.807) is 25.8 Å². The van der Waals surface area contributed by atoms with Gasteiger partial charge >= 0.3 is 0 Å². The number of carbonyl (C=O) groups is 2. The van der Waals surface area contributed by atoms with E-state index in [-0.39, 0.29) is 17.9 Å². The smallest absolute Gasteiger partial charge is 0.237 e. The molecule has 0 radical (unpaired) electrons. The van der Waals surface area contributed by atoms with Crippen LogP contribution in [0.3, 0.4) is 0 Å². The molecule has 4 heteroatoms. The molecule has 21 heavy (non-hydrogen) atoms. The molecule has 0 atom stereocenters. The van der Waals surface area contributed by atoms with Gasteiger partial charge in [0.1, 0.15) is 5.41 Å². The molecule has 1 saturated carbocycles. The molecule has 0 saturated heterocycles. The number of amides is 2. The molecule has 1 fully saturated rings. The minimum absolute atomic E-state index is 0.0814. The van der Waals surface area contributed by atoms with Gasteiger partial charge in [-0.25, -0.2) is 0 Å². The number of rotatable bonds is 6. The highest BCUT2D eigenvalue weighted by atomic mass is 16.2. The summed E-state index contributed by atoms with van der Waals surface area (Å²) in [6.45, 7) is 6.30. The maximum Gasteiger partial charge on any atom is 0.237 e. The molecule has 0 aromatic rings. The molecule has 1 aliphatic rings. The number of nitrogens with zero attached hydrogens (tertiary/aromatic N) is 1. The Labute approximate surface area is 129 Å². The lowest BCUT2D eigenvalue weighted by atomic mass is 9.89. The van der Waals surface area contributed by atoms with Gasteiger partial charge in [0.25, 0.3) is 0 Å². The van der Waals surface area contributed by atoms with Crippen LogP contribution in [0.25, 0.3) is 0 Å². The minimum atomic E-state index is -0.977. The van der Waals surface area contributed by atoms with E-state index < -0.39 is 5.41 Å². The summed E-state index contributed by atoms with van der Waals surface area (Å²) in [5.41, 5.74) is -0.977. The van der Waals surface area contributed by atoms with E-state index in [0.29, 0.717) is 0 Å². The molecule has 0 spiro atoms. The highest BCUT2D eigenvalue weighted by molar-refractivity contribution is 6.04. The summed E-state index contributed by atoms with van der Waals surface area (Å²) in [6.07, 6.45) is 8.98. The predicted octanol–water partition coefficient (Wildman–Crippen LogP) is 3.11. The maximum atomic E-state index is 12.5. The number of hydrogen-bond acceptors (Lipinski definition) is 2. The Bertz CT molecular complexity index is 345. The molecule has 4 nitrogen and oxygen atoms in total. The summed E-state index contributed by atoms with van der Waals surface area (Å²) in [5, 5.41) is 3.10. The molecule has 2 amide bonds. The Morgan fingerprint density at radius 1 is 1.14 bits per heavy atom. The largest absolute Gasteiger partial charge is 0.352 e. The summed E-state index contributed by atoms with van der Waals surface area (Å²) >= 11 is 0. The number of hydrogen-bond donors (Lipinski definition) is 1. The van der Waals surface area contributed by atoms with E-state index in [4.69, 9.17) is 0 Å². The van der Waals surface area contributed by atoms with Crippen molar-refractivity contribution in [3.05, 3.63) is 0 Å². The predicted molar refractivity (Wildman–Crippen MR) is 86.0 cm³/mol. The molecule has 1 rings (SSSR count). The van der Waals surface area contributed by atoms with Crippen molar-refractivity contribution in [2.45, 2.75) is 78.2 Å². The van der Waals surface area contributed by atoms with Crippen LogP contribution < -0.4 is 5.32 Å². The molecule has 0 aliphatic heterocycles. The van der Waals surface area contributed by atoms with Crippen molar-refractivity contribution in [2.75, 3.05) is 13.6 Å². The van der Waals surface area contributed by atoms with E-state index in [1.807, 2.05) is 0 Å². The summed E-state index contributed by atoms with van der Waals surface area (Å²) in [6, 6.07) is 0.244. The fraction of sp³-hybridized carbons (Fsp3) is 0.882. The second kappa shape index (κ2) is 8.40. The second-order valence-corrected chi connectivity index (χ2v) is 6.87. The summed E-state index contributed by atoms with van der Waals surface area (Å²) < 4.78 is 0. The van der Waals surface area contributed by atoms with E-state index in [9.17, 15) is 9.59 Å². The third-order valence-electron chi connectivity index (χ3n) is 4.49. The van der Waals surface area contributed by atoms with Crippen LogP contribution in [0.4, 0.5) is 0 Å². The first kappa shape index (κ1) is 18.0. The van der Waals surface area contributed by atoms with Crippen LogP contribution in [-0.2, 0) is 9.59 Å². The van der Waals surface area contributed by atoms with Gasteiger partial charge in [0.15, 0.2) is 0 Å². The lowest BCUT2D eigenvalue weighted by Gasteiger charge is -2.30. The van der Waals surface area contributed by atoms with Gasteiger partial charge in [-0.15, -0.1) is 0 Å². The van der Waals surface area contributed by atoms with Gasteiger partial charge in [-0.2, -0.15) is 0 Å². The lowest BCUT2D eigenvalue weighted by Crippen LogP contribution is -2.51. The van der Waals surface area contributed by atoms with Gasteiger partial charge in [0.05, 0.1) is 0 Å². The van der Waals surface area contributed by atoms with Crippen LogP contribution >= 0.6 is 0 Å². The summed E-state index contributed by atoms with van der Waals surface area (Å²) in [7, 11) is 1.79. The molecular weight excluding hydrogens is 264 g/mol. The fourth-order valence-electron chi connectivity index (χ4n) is 2.86. The lowest BCUT2D eigenvalue weighted by molar-refractivity contribution is -0.148. The Hall–Kier alpha value is -1.06. The van der Waals surface area contributed by atoms with Gasteiger partial charge in [-0.05, 0) is 33.1 Å². The molecule has 0 aromatic carbocycles. The molecule has 0 heterocycles. The monoisotopic (exact) mass is 296 g/mol. The van der Waals surface area contributed by atoms with Gasteiger partial charge < -0.3 is 10.2 Å². The van der Waals surface area contributed by atoms with Crippen molar-refractivity contribution in [3.63, 3.8) is 0 Å². The highest BCUT2D eigenvalue weighted by Gasteiger charge is 2.38. The van der Waals surface area contributed by atoms with Crippen molar-refractivity contribution >= 4 is 11.8 Å². The van der Waals surface area contributed by atoms with Crippen LogP contribution in [0, 0.1) is 5.41 Å². The van der Waals surface area contributed by atoms with Gasteiger partial charge in [0.2, 0.25) is 11.8 Å².